The second kappa shape index (κ2) is 6.31. The van der Waals surface area contributed by atoms with Crippen molar-refractivity contribution < 1.29 is 13.9 Å². The molecule has 2 saturated heterocycles. The van der Waals surface area contributed by atoms with Gasteiger partial charge in [-0.05, 0) is 37.5 Å². The molecule has 1 amide bonds. The lowest BCUT2D eigenvalue weighted by Crippen LogP contribution is -2.61. The molecule has 0 atom stereocenters. The third-order valence-electron chi connectivity index (χ3n) is 5.18. The van der Waals surface area contributed by atoms with Gasteiger partial charge in [-0.25, -0.2) is 0 Å². The summed E-state index contributed by atoms with van der Waals surface area (Å²) >= 11 is 0. The molecule has 2 fully saturated rings. The molecule has 134 valence electrons. The van der Waals surface area contributed by atoms with Gasteiger partial charge in [-0.3, -0.25) is 4.79 Å². The fourth-order valence-corrected chi connectivity index (χ4v) is 3.53. The molecule has 0 unspecified atom stereocenters. The molecule has 7 nitrogen and oxygen atoms in total. The molecule has 0 saturated carbocycles. The number of nitrogens with zero attached hydrogens (tertiary/aromatic N) is 3. The maximum atomic E-state index is 12.8. The molecule has 7 heteroatoms. The molecule has 1 aromatic carbocycles. The van der Waals surface area contributed by atoms with E-state index in [0.717, 1.165) is 16.7 Å². The fraction of sp³-hybridized carbons (Fsp3) is 0.556. The quantitative estimate of drug-likeness (QED) is 0.884. The van der Waals surface area contributed by atoms with E-state index in [0.29, 0.717) is 58.2 Å². The van der Waals surface area contributed by atoms with Gasteiger partial charge in [-0.15, -0.1) is 0 Å². The van der Waals surface area contributed by atoms with Crippen molar-refractivity contribution in [3.63, 3.8) is 0 Å². The first-order chi connectivity index (χ1) is 12.0. The number of hydrogen-bond acceptors (Lipinski definition) is 6. The van der Waals surface area contributed by atoms with Gasteiger partial charge < -0.3 is 24.7 Å². The van der Waals surface area contributed by atoms with Crippen LogP contribution in [0.4, 0.5) is 6.01 Å². The summed E-state index contributed by atoms with van der Waals surface area (Å²) < 4.78 is 11.2. The number of oxazole rings is 1. The topological polar surface area (TPSA) is 84.8 Å². The Morgan fingerprint density at radius 1 is 1.20 bits per heavy atom. The highest BCUT2D eigenvalue weighted by Gasteiger charge is 2.40. The summed E-state index contributed by atoms with van der Waals surface area (Å²) in [4.78, 5) is 21.3. The molecule has 3 heterocycles. The molecule has 2 N–H and O–H groups in total. The van der Waals surface area contributed by atoms with Gasteiger partial charge in [0.05, 0.1) is 5.54 Å². The second-order valence-electron chi connectivity index (χ2n) is 7.02. The highest BCUT2D eigenvalue weighted by Crippen LogP contribution is 2.25. The van der Waals surface area contributed by atoms with Crippen molar-refractivity contribution in [3.05, 3.63) is 23.8 Å². The van der Waals surface area contributed by atoms with Gasteiger partial charge in [0.2, 0.25) is 5.91 Å². The minimum Gasteiger partial charge on any atom is -0.423 e. The zero-order valence-corrected chi connectivity index (χ0v) is 14.5. The smallest absolute Gasteiger partial charge is 0.298 e. The Morgan fingerprint density at radius 2 is 1.92 bits per heavy atom. The molecule has 2 aromatic rings. The zero-order chi connectivity index (χ0) is 17.4. The van der Waals surface area contributed by atoms with Crippen LogP contribution in [0.1, 0.15) is 18.4 Å². The first-order valence-electron chi connectivity index (χ1n) is 8.83. The van der Waals surface area contributed by atoms with Crippen LogP contribution in [0.2, 0.25) is 0 Å². The number of fused-ring (bicyclic) bond motifs is 1. The molecule has 0 radical (unpaired) electrons. The van der Waals surface area contributed by atoms with E-state index in [-0.39, 0.29) is 5.91 Å². The summed E-state index contributed by atoms with van der Waals surface area (Å²) in [6, 6.07) is 6.61. The minimum atomic E-state index is -0.768. The number of hydrogen-bond donors (Lipinski definition) is 1. The van der Waals surface area contributed by atoms with E-state index in [1.54, 1.807) is 0 Å². The largest absolute Gasteiger partial charge is 0.423 e. The number of carbonyl (C=O) groups excluding carboxylic acids is 1. The summed E-state index contributed by atoms with van der Waals surface area (Å²) in [6.45, 7) is 5.83. The lowest BCUT2D eigenvalue weighted by atomic mass is 9.89. The highest BCUT2D eigenvalue weighted by molar-refractivity contribution is 5.86. The number of aryl methyl sites for hydroxylation is 1. The van der Waals surface area contributed by atoms with Crippen LogP contribution in [-0.4, -0.2) is 60.7 Å². The normalized spacial score (nSPS) is 20.9. The second-order valence-corrected chi connectivity index (χ2v) is 7.02. The van der Waals surface area contributed by atoms with Gasteiger partial charge in [-0.1, -0.05) is 6.07 Å². The van der Waals surface area contributed by atoms with Crippen molar-refractivity contribution in [1.82, 2.24) is 9.88 Å². The van der Waals surface area contributed by atoms with E-state index in [4.69, 9.17) is 14.9 Å². The number of ether oxygens (including phenoxy) is 1. The van der Waals surface area contributed by atoms with Gasteiger partial charge >= 0.3 is 0 Å². The van der Waals surface area contributed by atoms with Crippen molar-refractivity contribution in [2.24, 2.45) is 5.73 Å². The van der Waals surface area contributed by atoms with E-state index in [9.17, 15) is 4.79 Å². The van der Waals surface area contributed by atoms with Gasteiger partial charge in [0.25, 0.3) is 6.01 Å². The number of benzene rings is 1. The third-order valence-corrected chi connectivity index (χ3v) is 5.18. The van der Waals surface area contributed by atoms with Crippen molar-refractivity contribution in [2.45, 2.75) is 25.3 Å². The third kappa shape index (κ3) is 3.09. The van der Waals surface area contributed by atoms with E-state index in [1.165, 1.54) is 0 Å². The molecule has 4 rings (SSSR count). The number of carbonyl (C=O) groups is 1. The van der Waals surface area contributed by atoms with Crippen LogP contribution in [0.5, 0.6) is 0 Å². The molecule has 0 bridgehead atoms. The number of aromatic nitrogens is 1. The summed E-state index contributed by atoms with van der Waals surface area (Å²) in [5.74, 6) is 0.0450. The Balaban J connectivity index is 1.42. The van der Waals surface area contributed by atoms with Gasteiger partial charge in [0, 0.05) is 39.4 Å². The molecule has 2 aliphatic heterocycles. The Bertz CT molecular complexity index is 774. The van der Waals surface area contributed by atoms with Crippen LogP contribution in [-0.2, 0) is 9.53 Å². The van der Waals surface area contributed by atoms with E-state index < -0.39 is 5.54 Å². The summed E-state index contributed by atoms with van der Waals surface area (Å²) in [5.41, 5.74) is 8.39. The van der Waals surface area contributed by atoms with Crippen molar-refractivity contribution in [1.29, 1.82) is 0 Å². The standard InChI is InChI=1S/C18H24N4O3/c1-13-2-3-15-14(12-13)20-17(25-15)22-8-6-21(7-9-22)16(23)18(19)4-10-24-11-5-18/h2-3,12H,4-11,19H2,1H3. The Kier molecular flexibility index (Phi) is 4.13. The molecule has 25 heavy (non-hydrogen) atoms. The van der Waals surface area contributed by atoms with Crippen LogP contribution in [0.15, 0.2) is 22.6 Å². The highest BCUT2D eigenvalue weighted by atomic mass is 16.5. The molecular weight excluding hydrogens is 320 g/mol. The maximum Gasteiger partial charge on any atom is 0.298 e. The molecule has 0 aliphatic carbocycles. The van der Waals surface area contributed by atoms with Crippen LogP contribution in [0.25, 0.3) is 11.1 Å². The van der Waals surface area contributed by atoms with E-state index >= 15 is 0 Å². The van der Waals surface area contributed by atoms with E-state index in [1.807, 2.05) is 30.0 Å². The van der Waals surface area contributed by atoms with Crippen molar-refractivity contribution in [2.75, 3.05) is 44.3 Å². The van der Waals surface area contributed by atoms with E-state index in [2.05, 4.69) is 9.88 Å². The monoisotopic (exact) mass is 344 g/mol. The van der Waals surface area contributed by atoms with Crippen molar-refractivity contribution in [3.8, 4) is 0 Å². The minimum absolute atomic E-state index is 0.0450. The predicted molar refractivity (Wildman–Crippen MR) is 94.5 cm³/mol. The zero-order valence-electron chi connectivity index (χ0n) is 14.5. The Hall–Kier alpha value is -2.12. The maximum absolute atomic E-state index is 12.8. The van der Waals surface area contributed by atoms with Gasteiger partial charge in [0.1, 0.15) is 5.52 Å². The van der Waals surface area contributed by atoms with Crippen LogP contribution in [0.3, 0.4) is 0 Å². The summed E-state index contributed by atoms with van der Waals surface area (Å²) in [5, 5.41) is 0. The van der Waals surface area contributed by atoms with Gasteiger partial charge in [-0.2, -0.15) is 4.98 Å². The lowest BCUT2D eigenvalue weighted by molar-refractivity contribution is -0.140. The molecule has 1 aromatic heterocycles. The number of nitrogens with two attached hydrogens (primary N) is 1. The average Bonchev–Trinajstić information content (AvgIpc) is 3.05. The first kappa shape index (κ1) is 16.4. The first-order valence-corrected chi connectivity index (χ1v) is 8.83. The number of amides is 1. The SMILES string of the molecule is Cc1ccc2oc(N3CCN(C(=O)C4(N)CCOCC4)CC3)nc2c1. The molecule has 2 aliphatic rings. The van der Waals surface area contributed by atoms with Crippen LogP contribution in [0, 0.1) is 6.92 Å². The summed E-state index contributed by atoms with van der Waals surface area (Å²) in [7, 11) is 0. The molecule has 0 spiro atoms. The number of rotatable bonds is 2. The summed E-state index contributed by atoms with van der Waals surface area (Å²) in [6.07, 6.45) is 1.19. The van der Waals surface area contributed by atoms with Crippen LogP contribution >= 0.6 is 0 Å². The van der Waals surface area contributed by atoms with Gasteiger partial charge in [0.15, 0.2) is 5.58 Å². The molecular formula is C18H24N4O3. The van der Waals surface area contributed by atoms with Crippen molar-refractivity contribution >= 4 is 23.0 Å². The van der Waals surface area contributed by atoms with Crippen LogP contribution < -0.4 is 10.6 Å². The Labute approximate surface area is 146 Å². The lowest BCUT2D eigenvalue weighted by Gasteiger charge is -2.40. The number of piperazine rings is 1. The number of anilines is 1. The average molecular weight is 344 g/mol. The fourth-order valence-electron chi connectivity index (χ4n) is 3.53. The Morgan fingerprint density at radius 3 is 2.64 bits per heavy atom. The predicted octanol–water partition coefficient (Wildman–Crippen LogP) is 1.29.